The first-order chi connectivity index (χ1) is 10.0. The Morgan fingerprint density at radius 3 is 2.29 bits per heavy atom. The summed E-state index contributed by atoms with van der Waals surface area (Å²) in [5.41, 5.74) is 1.31. The van der Waals surface area contributed by atoms with Crippen LogP contribution >= 0.6 is 0 Å². The van der Waals surface area contributed by atoms with E-state index in [1.807, 2.05) is 0 Å². The lowest BCUT2D eigenvalue weighted by Crippen LogP contribution is -2.05. The van der Waals surface area contributed by atoms with E-state index in [4.69, 9.17) is 5.11 Å². The van der Waals surface area contributed by atoms with Gasteiger partial charge in [0.15, 0.2) is 11.6 Å². The maximum atomic E-state index is 13.1. The number of halogens is 2. The second-order valence-electron chi connectivity index (χ2n) is 4.49. The Labute approximate surface area is 117 Å². The van der Waals surface area contributed by atoms with Crippen LogP contribution in [0.25, 0.3) is 11.0 Å². The minimum absolute atomic E-state index is 0.154. The van der Waals surface area contributed by atoms with Gasteiger partial charge in [-0.05, 0) is 17.7 Å². The summed E-state index contributed by atoms with van der Waals surface area (Å²) in [7, 11) is 0. The number of carboxylic acids is 1. The lowest BCUT2D eigenvalue weighted by molar-refractivity contribution is 0.0696. The van der Waals surface area contributed by atoms with Crippen molar-refractivity contribution in [3.05, 3.63) is 59.2 Å². The van der Waals surface area contributed by atoms with Crippen LogP contribution in [0.15, 0.2) is 36.4 Å². The minimum atomic E-state index is -1.03. The molecule has 1 aromatic heterocycles. The van der Waals surface area contributed by atoms with Crippen molar-refractivity contribution in [3.8, 4) is 0 Å². The van der Waals surface area contributed by atoms with E-state index < -0.39 is 17.6 Å². The Balaban J connectivity index is 1.94. The zero-order valence-electron chi connectivity index (χ0n) is 10.6. The van der Waals surface area contributed by atoms with Crippen molar-refractivity contribution in [2.75, 3.05) is 0 Å². The van der Waals surface area contributed by atoms with Crippen molar-refractivity contribution in [3.63, 3.8) is 0 Å². The number of hydrogen-bond acceptors (Lipinski definition) is 3. The van der Waals surface area contributed by atoms with Gasteiger partial charge in [-0.25, -0.2) is 13.6 Å². The molecule has 5 nitrogen and oxygen atoms in total. The summed E-state index contributed by atoms with van der Waals surface area (Å²) in [5, 5.41) is 17.0. The van der Waals surface area contributed by atoms with Crippen molar-refractivity contribution in [2.45, 2.75) is 6.54 Å². The number of nitrogens with zero attached hydrogens (tertiary/aromatic N) is 3. The molecule has 21 heavy (non-hydrogen) atoms. The molecule has 0 aliphatic rings. The molecule has 0 aliphatic carbocycles. The summed E-state index contributed by atoms with van der Waals surface area (Å²) >= 11 is 0. The molecule has 7 heteroatoms. The molecule has 0 bridgehead atoms. The molecule has 0 atom stereocenters. The zero-order valence-corrected chi connectivity index (χ0v) is 10.6. The lowest BCUT2D eigenvalue weighted by Gasteiger charge is -2.01. The molecule has 3 rings (SSSR count). The lowest BCUT2D eigenvalue weighted by atomic mass is 10.1. The fourth-order valence-electron chi connectivity index (χ4n) is 1.99. The third kappa shape index (κ3) is 2.58. The highest BCUT2D eigenvalue weighted by molar-refractivity contribution is 5.87. The first kappa shape index (κ1) is 13.2. The van der Waals surface area contributed by atoms with Gasteiger partial charge in [0.1, 0.15) is 11.0 Å². The largest absolute Gasteiger partial charge is 0.478 e. The smallest absolute Gasteiger partial charge is 0.335 e. The Morgan fingerprint density at radius 2 is 1.71 bits per heavy atom. The molecular weight excluding hydrogens is 280 g/mol. The third-order valence-electron chi connectivity index (χ3n) is 2.96. The van der Waals surface area contributed by atoms with Crippen LogP contribution in [0.1, 0.15) is 15.9 Å². The van der Waals surface area contributed by atoms with Gasteiger partial charge in [0, 0.05) is 12.1 Å². The second kappa shape index (κ2) is 4.93. The van der Waals surface area contributed by atoms with Crippen LogP contribution in [0.3, 0.4) is 0 Å². The van der Waals surface area contributed by atoms with E-state index in [-0.39, 0.29) is 23.1 Å². The molecule has 0 aliphatic heterocycles. The van der Waals surface area contributed by atoms with Crippen LogP contribution in [-0.2, 0) is 6.54 Å². The van der Waals surface area contributed by atoms with Crippen molar-refractivity contribution in [2.24, 2.45) is 0 Å². The maximum absolute atomic E-state index is 13.1. The number of rotatable bonds is 3. The van der Waals surface area contributed by atoms with Gasteiger partial charge in [0.2, 0.25) is 0 Å². The van der Waals surface area contributed by atoms with Gasteiger partial charge in [-0.3, -0.25) is 0 Å². The van der Waals surface area contributed by atoms with Gasteiger partial charge < -0.3 is 5.11 Å². The number of carbonyl (C=O) groups is 1. The minimum Gasteiger partial charge on any atom is -0.478 e. The summed E-state index contributed by atoms with van der Waals surface area (Å²) in [6.45, 7) is 0.207. The SMILES string of the molecule is O=C(O)c1cccc(Cn2nc3cc(F)c(F)cc3n2)c1. The van der Waals surface area contributed by atoms with E-state index in [0.29, 0.717) is 5.56 Å². The van der Waals surface area contributed by atoms with Crippen molar-refractivity contribution < 1.29 is 18.7 Å². The Hall–Kier alpha value is -2.83. The predicted octanol–water partition coefficient (Wildman–Crippen LogP) is 2.46. The molecular formula is C14H9F2N3O2. The van der Waals surface area contributed by atoms with Crippen LogP contribution < -0.4 is 0 Å². The molecule has 0 saturated carbocycles. The number of aromatic nitrogens is 3. The van der Waals surface area contributed by atoms with Crippen LogP contribution in [0, 0.1) is 11.6 Å². The highest BCUT2D eigenvalue weighted by atomic mass is 19.2. The van der Waals surface area contributed by atoms with E-state index in [2.05, 4.69) is 10.2 Å². The van der Waals surface area contributed by atoms with Crippen molar-refractivity contribution in [1.29, 1.82) is 0 Å². The van der Waals surface area contributed by atoms with E-state index >= 15 is 0 Å². The number of benzene rings is 2. The fraction of sp³-hybridized carbons (Fsp3) is 0.0714. The number of fused-ring (bicyclic) bond motifs is 1. The normalized spacial score (nSPS) is 11.0. The standard InChI is InChI=1S/C14H9F2N3O2/c15-10-5-12-13(6-11(10)16)18-19(17-12)7-8-2-1-3-9(4-8)14(20)21/h1-6H,7H2,(H,20,21). The molecule has 3 aromatic rings. The summed E-state index contributed by atoms with van der Waals surface area (Å²) in [5.74, 6) is -3.00. The van der Waals surface area contributed by atoms with E-state index in [1.165, 1.54) is 16.9 Å². The molecule has 2 aromatic carbocycles. The number of hydrogen-bond donors (Lipinski definition) is 1. The average molecular weight is 289 g/mol. The van der Waals surface area contributed by atoms with E-state index in [9.17, 15) is 13.6 Å². The van der Waals surface area contributed by atoms with Gasteiger partial charge in [-0.1, -0.05) is 12.1 Å². The quantitative estimate of drug-likeness (QED) is 0.804. The average Bonchev–Trinajstić information content (AvgIpc) is 2.80. The molecule has 106 valence electrons. The van der Waals surface area contributed by atoms with Crippen LogP contribution in [0.2, 0.25) is 0 Å². The molecule has 0 spiro atoms. The molecule has 0 saturated heterocycles. The van der Waals surface area contributed by atoms with E-state index in [1.54, 1.807) is 12.1 Å². The number of aromatic carboxylic acids is 1. The van der Waals surface area contributed by atoms with Gasteiger partial charge in [0.05, 0.1) is 12.1 Å². The molecule has 0 unspecified atom stereocenters. The van der Waals surface area contributed by atoms with Gasteiger partial charge in [0.25, 0.3) is 0 Å². The van der Waals surface area contributed by atoms with Crippen LogP contribution in [0.4, 0.5) is 8.78 Å². The Kier molecular flexibility index (Phi) is 3.09. The Morgan fingerprint density at radius 1 is 1.10 bits per heavy atom. The fourth-order valence-corrected chi connectivity index (χ4v) is 1.99. The summed E-state index contributed by atoms with van der Waals surface area (Å²) in [6, 6.07) is 8.26. The monoisotopic (exact) mass is 289 g/mol. The first-order valence-corrected chi connectivity index (χ1v) is 6.05. The van der Waals surface area contributed by atoms with Gasteiger partial charge >= 0.3 is 5.97 Å². The predicted molar refractivity (Wildman–Crippen MR) is 69.9 cm³/mol. The molecule has 1 heterocycles. The summed E-state index contributed by atoms with van der Waals surface area (Å²) in [4.78, 5) is 12.2. The first-order valence-electron chi connectivity index (χ1n) is 6.05. The molecule has 0 amide bonds. The summed E-state index contributed by atoms with van der Waals surface area (Å²) in [6.07, 6.45) is 0. The van der Waals surface area contributed by atoms with E-state index in [0.717, 1.165) is 12.1 Å². The topological polar surface area (TPSA) is 68.0 Å². The van der Waals surface area contributed by atoms with Crippen LogP contribution in [0.5, 0.6) is 0 Å². The Bertz CT molecular complexity index is 806. The highest BCUT2D eigenvalue weighted by Crippen LogP contribution is 2.15. The second-order valence-corrected chi connectivity index (χ2v) is 4.49. The van der Waals surface area contributed by atoms with Crippen LogP contribution in [-0.4, -0.2) is 26.1 Å². The van der Waals surface area contributed by atoms with Crippen molar-refractivity contribution >= 4 is 17.0 Å². The molecule has 1 N–H and O–H groups in total. The number of carboxylic acid groups (broad SMARTS) is 1. The summed E-state index contributed by atoms with van der Waals surface area (Å²) < 4.78 is 26.2. The third-order valence-corrected chi connectivity index (χ3v) is 2.96. The molecule has 0 radical (unpaired) electrons. The van der Waals surface area contributed by atoms with Gasteiger partial charge in [-0.2, -0.15) is 15.0 Å². The van der Waals surface area contributed by atoms with Crippen molar-refractivity contribution in [1.82, 2.24) is 15.0 Å². The highest BCUT2D eigenvalue weighted by Gasteiger charge is 2.10. The molecule has 0 fully saturated rings. The maximum Gasteiger partial charge on any atom is 0.335 e. The zero-order chi connectivity index (χ0) is 15.0. The van der Waals surface area contributed by atoms with Gasteiger partial charge in [-0.15, -0.1) is 0 Å².